The monoisotopic (exact) mass is 264 g/mol. The van der Waals surface area contributed by atoms with Gasteiger partial charge in [-0.3, -0.25) is 0 Å². The van der Waals surface area contributed by atoms with Gasteiger partial charge in [-0.25, -0.2) is 0 Å². The van der Waals surface area contributed by atoms with Gasteiger partial charge in [-0.1, -0.05) is 0 Å². The zero-order valence-corrected chi connectivity index (χ0v) is 11.9. The quantitative estimate of drug-likeness (QED) is 0.783. The zero-order valence-electron chi connectivity index (χ0n) is 11.9. The number of hydrogen-bond donors (Lipinski definition) is 0. The van der Waals surface area contributed by atoms with Crippen LogP contribution in [0.5, 0.6) is 11.5 Å². The Balaban J connectivity index is 2.23. The number of rotatable bonds is 4. The molecular formula is C15H20O4. The summed E-state index contributed by atoms with van der Waals surface area (Å²) in [6.07, 6.45) is 2.12. The van der Waals surface area contributed by atoms with Crippen LogP contribution < -0.4 is 9.47 Å². The molecule has 1 aromatic rings. The van der Waals surface area contributed by atoms with E-state index in [2.05, 4.69) is 0 Å². The van der Waals surface area contributed by atoms with Crippen LogP contribution in [0.15, 0.2) is 12.1 Å². The SMILES string of the molecule is COc1ccc(OC)c2c1[C@@H]1CC[C@@H]2C1(OC)OC. The number of hydrogen-bond acceptors (Lipinski definition) is 4. The van der Waals surface area contributed by atoms with Crippen molar-refractivity contribution in [2.45, 2.75) is 30.5 Å². The molecule has 104 valence electrons. The summed E-state index contributed by atoms with van der Waals surface area (Å²) in [7, 11) is 6.85. The van der Waals surface area contributed by atoms with E-state index in [4.69, 9.17) is 18.9 Å². The maximum absolute atomic E-state index is 5.78. The first-order valence-corrected chi connectivity index (χ1v) is 6.58. The molecule has 4 heteroatoms. The van der Waals surface area contributed by atoms with Gasteiger partial charge in [-0.2, -0.15) is 0 Å². The van der Waals surface area contributed by atoms with E-state index < -0.39 is 5.79 Å². The average molecular weight is 264 g/mol. The van der Waals surface area contributed by atoms with E-state index in [0.29, 0.717) is 0 Å². The Labute approximate surface area is 113 Å². The van der Waals surface area contributed by atoms with E-state index >= 15 is 0 Å². The van der Waals surface area contributed by atoms with E-state index in [0.717, 1.165) is 24.3 Å². The van der Waals surface area contributed by atoms with Crippen molar-refractivity contribution in [1.29, 1.82) is 0 Å². The van der Waals surface area contributed by atoms with Gasteiger partial charge in [0.25, 0.3) is 0 Å². The molecular weight excluding hydrogens is 244 g/mol. The molecule has 0 aromatic heterocycles. The third-order valence-electron chi connectivity index (χ3n) is 4.70. The molecule has 2 bridgehead atoms. The maximum atomic E-state index is 5.78. The van der Waals surface area contributed by atoms with Gasteiger partial charge in [0.1, 0.15) is 11.5 Å². The fourth-order valence-corrected chi connectivity index (χ4v) is 3.99. The first kappa shape index (κ1) is 12.8. The molecule has 1 fully saturated rings. The number of fused-ring (bicyclic) bond motifs is 5. The van der Waals surface area contributed by atoms with Crippen LogP contribution in [0.3, 0.4) is 0 Å². The van der Waals surface area contributed by atoms with Crippen molar-refractivity contribution in [3.8, 4) is 11.5 Å². The van der Waals surface area contributed by atoms with Gasteiger partial charge in [0.05, 0.1) is 14.2 Å². The number of methoxy groups -OCH3 is 4. The van der Waals surface area contributed by atoms with E-state index in [1.54, 1.807) is 28.4 Å². The topological polar surface area (TPSA) is 36.9 Å². The smallest absolute Gasteiger partial charge is 0.181 e. The van der Waals surface area contributed by atoms with E-state index in [-0.39, 0.29) is 11.8 Å². The van der Waals surface area contributed by atoms with Gasteiger partial charge < -0.3 is 18.9 Å². The fourth-order valence-electron chi connectivity index (χ4n) is 3.99. The van der Waals surface area contributed by atoms with Gasteiger partial charge >= 0.3 is 0 Å². The summed E-state index contributed by atoms with van der Waals surface area (Å²) >= 11 is 0. The van der Waals surface area contributed by atoms with Crippen molar-refractivity contribution in [3.05, 3.63) is 23.3 Å². The Morgan fingerprint density at radius 2 is 1.26 bits per heavy atom. The summed E-state index contributed by atoms with van der Waals surface area (Å²) < 4.78 is 22.6. The third kappa shape index (κ3) is 1.41. The van der Waals surface area contributed by atoms with Crippen molar-refractivity contribution >= 4 is 0 Å². The van der Waals surface area contributed by atoms with Crippen molar-refractivity contribution in [1.82, 2.24) is 0 Å². The zero-order chi connectivity index (χ0) is 13.6. The summed E-state index contributed by atoms with van der Waals surface area (Å²) in [5.74, 6) is 1.67. The molecule has 0 amide bonds. The molecule has 3 rings (SSSR count). The Bertz CT molecular complexity index is 452. The highest BCUT2D eigenvalue weighted by Crippen LogP contribution is 2.65. The maximum Gasteiger partial charge on any atom is 0.181 e. The number of benzene rings is 1. The lowest BCUT2D eigenvalue weighted by molar-refractivity contribution is -0.214. The molecule has 1 aromatic carbocycles. The van der Waals surface area contributed by atoms with Gasteiger partial charge in [0.15, 0.2) is 5.79 Å². The predicted molar refractivity (Wildman–Crippen MR) is 71.0 cm³/mol. The highest BCUT2D eigenvalue weighted by molar-refractivity contribution is 5.59. The number of ether oxygens (including phenoxy) is 4. The summed E-state index contributed by atoms with van der Waals surface area (Å²) in [4.78, 5) is 0. The molecule has 2 aliphatic carbocycles. The second-order valence-corrected chi connectivity index (χ2v) is 5.11. The average Bonchev–Trinajstić information content (AvgIpc) is 2.97. The van der Waals surface area contributed by atoms with Crippen LogP contribution in [0.4, 0.5) is 0 Å². The summed E-state index contributed by atoms with van der Waals surface area (Å²) in [6, 6.07) is 3.93. The normalized spacial score (nSPS) is 26.3. The lowest BCUT2D eigenvalue weighted by Gasteiger charge is -2.31. The standard InChI is InChI=1S/C15H20O4/c1-16-11-7-8-12(17-2)14-10-6-5-9(13(11)14)15(10,18-3)19-4/h7-10H,5-6H2,1-4H3/t9-,10-/m0/s1. The molecule has 4 nitrogen and oxygen atoms in total. The summed E-state index contributed by atoms with van der Waals surface area (Å²) in [5, 5.41) is 0. The first-order valence-electron chi connectivity index (χ1n) is 6.58. The second-order valence-electron chi connectivity index (χ2n) is 5.11. The molecule has 1 saturated carbocycles. The predicted octanol–water partition coefficient (Wildman–Crippen LogP) is 2.67. The van der Waals surface area contributed by atoms with Crippen molar-refractivity contribution in [2.24, 2.45) is 0 Å². The van der Waals surface area contributed by atoms with Crippen LogP contribution in [0.2, 0.25) is 0 Å². The molecule has 0 aliphatic heterocycles. The van der Waals surface area contributed by atoms with Crippen molar-refractivity contribution < 1.29 is 18.9 Å². The van der Waals surface area contributed by atoms with Crippen LogP contribution >= 0.6 is 0 Å². The Hall–Kier alpha value is -1.26. The highest BCUT2D eigenvalue weighted by Gasteiger charge is 2.61. The summed E-state index contributed by atoms with van der Waals surface area (Å²) in [6.45, 7) is 0. The molecule has 2 atom stereocenters. The van der Waals surface area contributed by atoms with Crippen LogP contribution in [0, 0.1) is 0 Å². The van der Waals surface area contributed by atoms with E-state index in [1.165, 1.54) is 11.1 Å². The molecule has 0 radical (unpaired) electrons. The van der Waals surface area contributed by atoms with Gasteiger partial charge in [0, 0.05) is 37.2 Å². The Kier molecular flexibility index (Phi) is 2.95. The molecule has 0 spiro atoms. The van der Waals surface area contributed by atoms with E-state index in [1.807, 2.05) is 12.1 Å². The summed E-state index contributed by atoms with van der Waals surface area (Å²) in [5.41, 5.74) is 2.39. The van der Waals surface area contributed by atoms with Crippen molar-refractivity contribution in [2.75, 3.05) is 28.4 Å². The fraction of sp³-hybridized carbons (Fsp3) is 0.600. The Morgan fingerprint density at radius 3 is 1.58 bits per heavy atom. The molecule has 19 heavy (non-hydrogen) atoms. The lowest BCUT2D eigenvalue weighted by Crippen LogP contribution is -2.36. The van der Waals surface area contributed by atoms with Crippen LogP contribution in [-0.4, -0.2) is 34.2 Å². The molecule has 0 unspecified atom stereocenters. The lowest BCUT2D eigenvalue weighted by atomic mass is 9.90. The minimum Gasteiger partial charge on any atom is -0.496 e. The second kappa shape index (κ2) is 4.39. The minimum atomic E-state index is -0.565. The van der Waals surface area contributed by atoms with Gasteiger partial charge in [-0.15, -0.1) is 0 Å². The molecule has 0 heterocycles. The van der Waals surface area contributed by atoms with E-state index in [9.17, 15) is 0 Å². The van der Waals surface area contributed by atoms with Crippen LogP contribution in [0.1, 0.15) is 35.8 Å². The Morgan fingerprint density at radius 1 is 0.842 bits per heavy atom. The molecule has 0 saturated heterocycles. The molecule has 2 aliphatic rings. The highest BCUT2D eigenvalue weighted by atomic mass is 16.7. The van der Waals surface area contributed by atoms with Gasteiger partial charge in [0.2, 0.25) is 0 Å². The minimum absolute atomic E-state index is 0.215. The largest absolute Gasteiger partial charge is 0.496 e. The van der Waals surface area contributed by atoms with Crippen LogP contribution in [-0.2, 0) is 9.47 Å². The van der Waals surface area contributed by atoms with Crippen LogP contribution in [0.25, 0.3) is 0 Å². The van der Waals surface area contributed by atoms with Gasteiger partial charge in [-0.05, 0) is 25.0 Å². The third-order valence-corrected chi connectivity index (χ3v) is 4.70. The van der Waals surface area contributed by atoms with Crippen molar-refractivity contribution in [3.63, 3.8) is 0 Å². The first-order chi connectivity index (χ1) is 9.23. The molecule has 0 N–H and O–H groups in total.